The first-order valence-electron chi connectivity index (χ1n) is 7.48. The lowest BCUT2D eigenvalue weighted by molar-refractivity contribution is 0.494. The van der Waals surface area contributed by atoms with Crippen LogP contribution in [0.15, 0.2) is 54.6 Å². The molecule has 1 N–H and O–H groups in total. The van der Waals surface area contributed by atoms with Crippen LogP contribution in [0.1, 0.15) is 62.4 Å². The average molecular weight is 267 g/mol. The summed E-state index contributed by atoms with van der Waals surface area (Å²) in [5.74, 6) is 0.593. The zero-order valence-electron chi connectivity index (χ0n) is 12.9. The Bertz CT molecular complexity index is 513. The molecule has 0 aromatic heterocycles. The van der Waals surface area contributed by atoms with E-state index < -0.39 is 0 Å². The fourth-order valence-electron chi connectivity index (χ4n) is 2.48. The minimum atomic E-state index is 0.353. The van der Waals surface area contributed by atoms with Gasteiger partial charge >= 0.3 is 0 Å². The third-order valence-corrected chi connectivity index (χ3v) is 3.90. The fourth-order valence-corrected chi connectivity index (χ4v) is 2.48. The molecule has 0 saturated heterocycles. The second-order valence-electron chi connectivity index (χ2n) is 5.84. The molecule has 2 aromatic carbocycles. The van der Waals surface area contributed by atoms with Gasteiger partial charge in [-0.05, 0) is 36.5 Å². The molecule has 0 aliphatic carbocycles. The van der Waals surface area contributed by atoms with E-state index >= 15 is 0 Å². The van der Waals surface area contributed by atoms with Crippen molar-refractivity contribution < 1.29 is 0 Å². The monoisotopic (exact) mass is 267 g/mol. The predicted octanol–water partition coefficient (Wildman–Crippen LogP) is 5.22. The van der Waals surface area contributed by atoms with E-state index in [1.807, 2.05) is 0 Å². The number of rotatable bonds is 5. The lowest BCUT2D eigenvalue weighted by Crippen LogP contribution is -2.22. The Kier molecular flexibility index (Phi) is 4.97. The number of hydrogen-bond donors (Lipinski definition) is 1. The number of benzene rings is 2. The zero-order chi connectivity index (χ0) is 14.5. The molecule has 0 bridgehead atoms. The van der Waals surface area contributed by atoms with Crippen molar-refractivity contribution >= 4 is 0 Å². The van der Waals surface area contributed by atoms with Crippen LogP contribution in [0.2, 0.25) is 0 Å². The van der Waals surface area contributed by atoms with Crippen LogP contribution in [-0.4, -0.2) is 0 Å². The predicted molar refractivity (Wildman–Crippen MR) is 86.9 cm³/mol. The normalized spacial score (nSPS) is 14.2. The molecular formula is C19H25N. The van der Waals surface area contributed by atoms with Gasteiger partial charge in [-0.3, -0.25) is 0 Å². The molecule has 0 aliphatic heterocycles. The van der Waals surface area contributed by atoms with Crippen LogP contribution in [0.3, 0.4) is 0 Å². The number of nitrogens with one attached hydrogen (secondary N) is 1. The highest BCUT2D eigenvalue weighted by molar-refractivity contribution is 5.27. The summed E-state index contributed by atoms with van der Waals surface area (Å²) in [6.45, 7) is 8.90. The SMILES string of the molecule is CC(C)c1ccc(C(C)N[C@@H](C)c2ccccc2)cc1. The van der Waals surface area contributed by atoms with Crippen molar-refractivity contribution in [3.8, 4) is 0 Å². The fraction of sp³-hybridized carbons (Fsp3) is 0.368. The Balaban J connectivity index is 2.02. The van der Waals surface area contributed by atoms with Gasteiger partial charge in [0.25, 0.3) is 0 Å². The first-order chi connectivity index (χ1) is 9.58. The molecule has 20 heavy (non-hydrogen) atoms. The first kappa shape index (κ1) is 14.8. The van der Waals surface area contributed by atoms with Crippen LogP contribution < -0.4 is 5.32 Å². The van der Waals surface area contributed by atoms with Gasteiger partial charge in [0.05, 0.1) is 0 Å². The van der Waals surface area contributed by atoms with Crippen molar-refractivity contribution in [3.63, 3.8) is 0 Å². The topological polar surface area (TPSA) is 12.0 Å². The van der Waals surface area contributed by atoms with Crippen LogP contribution in [0.4, 0.5) is 0 Å². The Labute approximate surface area is 123 Å². The average Bonchev–Trinajstić information content (AvgIpc) is 2.48. The van der Waals surface area contributed by atoms with Gasteiger partial charge in [0, 0.05) is 12.1 Å². The molecule has 0 spiro atoms. The smallest absolute Gasteiger partial charge is 0.0297 e. The third kappa shape index (κ3) is 3.71. The molecule has 0 heterocycles. The van der Waals surface area contributed by atoms with E-state index in [0.717, 1.165) is 0 Å². The largest absolute Gasteiger partial charge is 0.304 e. The van der Waals surface area contributed by atoms with Gasteiger partial charge in [-0.2, -0.15) is 0 Å². The Morgan fingerprint density at radius 3 is 1.55 bits per heavy atom. The van der Waals surface area contributed by atoms with E-state index in [1.165, 1.54) is 16.7 Å². The highest BCUT2D eigenvalue weighted by Gasteiger charge is 2.11. The van der Waals surface area contributed by atoms with Crippen molar-refractivity contribution in [2.24, 2.45) is 0 Å². The van der Waals surface area contributed by atoms with Gasteiger partial charge in [0.1, 0.15) is 0 Å². The van der Waals surface area contributed by atoms with Crippen molar-refractivity contribution in [2.45, 2.75) is 45.7 Å². The molecular weight excluding hydrogens is 242 g/mol. The Morgan fingerprint density at radius 2 is 1.05 bits per heavy atom. The van der Waals surface area contributed by atoms with Gasteiger partial charge in [-0.15, -0.1) is 0 Å². The van der Waals surface area contributed by atoms with Crippen LogP contribution in [0, 0.1) is 0 Å². The Morgan fingerprint density at radius 1 is 0.600 bits per heavy atom. The quantitative estimate of drug-likeness (QED) is 0.783. The molecule has 0 amide bonds. The molecule has 0 saturated carbocycles. The molecule has 106 valence electrons. The molecule has 0 fully saturated rings. The maximum Gasteiger partial charge on any atom is 0.0297 e. The molecule has 2 atom stereocenters. The lowest BCUT2D eigenvalue weighted by Gasteiger charge is -2.21. The van der Waals surface area contributed by atoms with E-state index in [2.05, 4.69) is 87.6 Å². The molecule has 1 nitrogen and oxygen atoms in total. The summed E-state index contributed by atoms with van der Waals surface area (Å²) >= 11 is 0. The summed E-state index contributed by atoms with van der Waals surface area (Å²) in [6.07, 6.45) is 0. The summed E-state index contributed by atoms with van der Waals surface area (Å²) in [7, 11) is 0. The minimum absolute atomic E-state index is 0.353. The van der Waals surface area contributed by atoms with E-state index in [9.17, 15) is 0 Å². The van der Waals surface area contributed by atoms with E-state index in [-0.39, 0.29) is 0 Å². The molecule has 1 heteroatoms. The standard InChI is InChI=1S/C19H25N/c1-14(2)17-10-12-19(13-11-17)16(4)20-15(3)18-8-6-5-7-9-18/h5-16,20H,1-4H3/t15-,16?/m0/s1. The molecule has 2 aromatic rings. The van der Waals surface area contributed by atoms with Crippen LogP contribution >= 0.6 is 0 Å². The van der Waals surface area contributed by atoms with Gasteiger partial charge in [0.15, 0.2) is 0 Å². The summed E-state index contributed by atoms with van der Waals surface area (Å²) in [5, 5.41) is 3.66. The van der Waals surface area contributed by atoms with Gasteiger partial charge in [0.2, 0.25) is 0 Å². The van der Waals surface area contributed by atoms with Gasteiger partial charge < -0.3 is 5.32 Å². The van der Waals surface area contributed by atoms with Crippen LogP contribution in [0.25, 0.3) is 0 Å². The summed E-state index contributed by atoms with van der Waals surface area (Å²) in [6, 6.07) is 20.3. The molecule has 2 rings (SSSR count). The zero-order valence-corrected chi connectivity index (χ0v) is 12.9. The summed E-state index contributed by atoms with van der Waals surface area (Å²) in [5.41, 5.74) is 4.08. The molecule has 0 aliphatic rings. The van der Waals surface area contributed by atoms with Crippen LogP contribution in [0.5, 0.6) is 0 Å². The third-order valence-electron chi connectivity index (χ3n) is 3.90. The number of hydrogen-bond acceptors (Lipinski definition) is 1. The maximum absolute atomic E-state index is 3.66. The maximum atomic E-state index is 3.66. The summed E-state index contributed by atoms with van der Waals surface area (Å²) in [4.78, 5) is 0. The van der Waals surface area contributed by atoms with Crippen LogP contribution in [-0.2, 0) is 0 Å². The molecule has 1 unspecified atom stereocenters. The van der Waals surface area contributed by atoms with E-state index in [1.54, 1.807) is 0 Å². The van der Waals surface area contributed by atoms with Gasteiger partial charge in [-0.25, -0.2) is 0 Å². The van der Waals surface area contributed by atoms with Crippen molar-refractivity contribution in [1.82, 2.24) is 5.32 Å². The van der Waals surface area contributed by atoms with Crippen molar-refractivity contribution in [3.05, 3.63) is 71.3 Å². The highest BCUT2D eigenvalue weighted by Crippen LogP contribution is 2.21. The lowest BCUT2D eigenvalue weighted by atomic mass is 9.99. The van der Waals surface area contributed by atoms with Crippen molar-refractivity contribution in [1.29, 1.82) is 0 Å². The second kappa shape index (κ2) is 6.71. The molecule has 0 radical (unpaired) electrons. The second-order valence-corrected chi connectivity index (χ2v) is 5.84. The summed E-state index contributed by atoms with van der Waals surface area (Å²) < 4.78 is 0. The van der Waals surface area contributed by atoms with E-state index in [0.29, 0.717) is 18.0 Å². The Hall–Kier alpha value is -1.60. The van der Waals surface area contributed by atoms with Gasteiger partial charge in [-0.1, -0.05) is 68.4 Å². The van der Waals surface area contributed by atoms with E-state index in [4.69, 9.17) is 0 Å². The van der Waals surface area contributed by atoms with Crippen molar-refractivity contribution in [2.75, 3.05) is 0 Å². The highest BCUT2D eigenvalue weighted by atomic mass is 14.9. The minimum Gasteiger partial charge on any atom is -0.304 e. The first-order valence-corrected chi connectivity index (χ1v) is 7.48.